The summed E-state index contributed by atoms with van der Waals surface area (Å²) in [6.07, 6.45) is 3.02. The summed E-state index contributed by atoms with van der Waals surface area (Å²) in [4.78, 5) is 14.3. The van der Waals surface area contributed by atoms with Crippen LogP contribution < -0.4 is 11.1 Å². The second-order valence-corrected chi connectivity index (χ2v) is 5.95. The van der Waals surface area contributed by atoms with Crippen LogP contribution in [0.3, 0.4) is 0 Å². The minimum atomic E-state index is -0.160. The van der Waals surface area contributed by atoms with Crippen LogP contribution in [0.1, 0.15) is 47.0 Å². The van der Waals surface area contributed by atoms with E-state index in [-0.39, 0.29) is 17.5 Å². The van der Waals surface area contributed by atoms with Gasteiger partial charge < -0.3 is 11.1 Å². The van der Waals surface area contributed by atoms with Crippen molar-refractivity contribution in [2.24, 2.45) is 5.73 Å². The number of hydrogen-bond donors (Lipinski definition) is 2. The molecule has 1 aliphatic carbocycles. The van der Waals surface area contributed by atoms with Crippen LogP contribution in [0.15, 0.2) is 0 Å². The van der Waals surface area contributed by atoms with Crippen molar-refractivity contribution in [3.05, 3.63) is 0 Å². The zero-order chi connectivity index (χ0) is 13.1. The third-order valence-electron chi connectivity index (χ3n) is 3.06. The molecule has 0 heterocycles. The Morgan fingerprint density at radius 2 is 2.06 bits per heavy atom. The Morgan fingerprint density at radius 3 is 2.41 bits per heavy atom. The summed E-state index contributed by atoms with van der Waals surface area (Å²) in [6, 6.07) is 0.853. The van der Waals surface area contributed by atoms with Gasteiger partial charge in [0.15, 0.2) is 0 Å². The summed E-state index contributed by atoms with van der Waals surface area (Å²) in [7, 11) is 0. The lowest BCUT2D eigenvalue weighted by atomic mass is 10.1. The summed E-state index contributed by atoms with van der Waals surface area (Å²) in [5.41, 5.74) is 5.65. The zero-order valence-corrected chi connectivity index (χ0v) is 11.6. The lowest BCUT2D eigenvalue weighted by molar-refractivity contribution is -0.123. The van der Waals surface area contributed by atoms with Crippen molar-refractivity contribution >= 4 is 5.91 Å². The van der Waals surface area contributed by atoms with Gasteiger partial charge in [-0.2, -0.15) is 0 Å². The fourth-order valence-corrected chi connectivity index (χ4v) is 2.24. The first kappa shape index (κ1) is 14.5. The van der Waals surface area contributed by atoms with Crippen molar-refractivity contribution < 1.29 is 4.79 Å². The molecular formula is C13H27N3O. The van der Waals surface area contributed by atoms with Gasteiger partial charge in [-0.05, 0) is 40.2 Å². The maximum atomic E-state index is 11.9. The molecule has 0 spiro atoms. The van der Waals surface area contributed by atoms with Crippen molar-refractivity contribution in [1.82, 2.24) is 10.2 Å². The standard InChI is InChI=1S/C13H27N3O/c1-5-16(10-6-7-10)11(9-14)8-12(17)15-13(2,3)4/h10-11H,5-9,14H2,1-4H3,(H,15,17). The molecule has 1 unspecified atom stereocenters. The predicted molar refractivity (Wildman–Crippen MR) is 70.8 cm³/mol. The van der Waals surface area contributed by atoms with Crippen molar-refractivity contribution in [3.8, 4) is 0 Å². The lowest BCUT2D eigenvalue weighted by Gasteiger charge is -2.30. The number of carbonyl (C=O) groups is 1. The van der Waals surface area contributed by atoms with Crippen molar-refractivity contribution in [2.75, 3.05) is 13.1 Å². The average Bonchev–Trinajstić information content (AvgIpc) is 2.98. The number of nitrogens with one attached hydrogen (secondary N) is 1. The first-order chi connectivity index (χ1) is 7.87. The molecule has 0 aromatic rings. The number of amides is 1. The topological polar surface area (TPSA) is 58.4 Å². The van der Waals surface area contributed by atoms with Gasteiger partial charge in [0.05, 0.1) is 0 Å². The van der Waals surface area contributed by atoms with E-state index in [0.29, 0.717) is 19.0 Å². The maximum absolute atomic E-state index is 11.9. The van der Waals surface area contributed by atoms with Gasteiger partial charge >= 0.3 is 0 Å². The Balaban J connectivity index is 2.47. The monoisotopic (exact) mass is 241 g/mol. The van der Waals surface area contributed by atoms with Crippen molar-refractivity contribution in [3.63, 3.8) is 0 Å². The van der Waals surface area contributed by atoms with E-state index in [1.54, 1.807) is 0 Å². The van der Waals surface area contributed by atoms with Gasteiger partial charge in [0, 0.05) is 30.6 Å². The van der Waals surface area contributed by atoms with Crippen LogP contribution in [-0.4, -0.2) is 41.5 Å². The Kier molecular flexibility index (Phi) is 4.95. The highest BCUT2D eigenvalue weighted by Gasteiger charge is 2.33. The first-order valence-electron chi connectivity index (χ1n) is 6.64. The largest absolute Gasteiger partial charge is 0.351 e. The second kappa shape index (κ2) is 5.83. The molecule has 0 aliphatic heterocycles. The van der Waals surface area contributed by atoms with Crippen molar-refractivity contribution in [1.29, 1.82) is 0 Å². The zero-order valence-electron chi connectivity index (χ0n) is 11.6. The van der Waals surface area contributed by atoms with Crippen LogP contribution >= 0.6 is 0 Å². The maximum Gasteiger partial charge on any atom is 0.222 e. The highest BCUT2D eigenvalue weighted by molar-refractivity contribution is 5.77. The molecule has 0 aromatic carbocycles. The second-order valence-electron chi connectivity index (χ2n) is 5.95. The van der Waals surface area contributed by atoms with E-state index in [9.17, 15) is 4.79 Å². The van der Waals surface area contributed by atoms with E-state index in [1.807, 2.05) is 20.8 Å². The molecule has 0 aromatic heterocycles. The van der Waals surface area contributed by atoms with Gasteiger partial charge in [-0.3, -0.25) is 9.69 Å². The molecule has 0 radical (unpaired) electrons. The summed E-state index contributed by atoms with van der Waals surface area (Å²) in [5.74, 6) is 0.104. The number of nitrogens with zero attached hydrogens (tertiary/aromatic N) is 1. The lowest BCUT2D eigenvalue weighted by Crippen LogP contribution is -2.48. The molecule has 3 N–H and O–H groups in total. The van der Waals surface area contributed by atoms with Crippen LogP contribution in [0.4, 0.5) is 0 Å². The number of rotatable bonds is 6. The summed E-state index contributed by atoms with van der Waals surface area (Å²) >= 11 is 0. The first-order valence-corrected chi connectivity index (χ1v) is 6.64. The molecule has 1 fully saturated rings. The highest BCUT2D eigenvalue weighted by Crippen LogP contribution is 2.28. The molecule has 17 heavy (non-hydrogen) atoms. The molecule has 1 atom stereocenters. The van der Waals surface area contributed by atoms with E-state index >= 15 is 0 Å². The van der Waals surface area contributed by atoms with Crippen LogP contribution in [0.25, 0.3) is 0 Å². The molecule has 1 saturated carbocycles. The van der Waals surface area contributed by atoms with Gasteiger partial charge in [-0.25, -0.2) is 0 Å². The molecule has 0 bridgehead atoms. The molecule has 4 heteroatoms. The van der Waals surface area contributed by atoms with Gasteiger partial charge in [-0.15, -0.1) is 0 Å². The average molecular weight is 241 g/mol. The number of nitrogens with two attached hydrogens (primary N) is 1. The predicted octanol–water partition coefficient (Wildman–Crippen LogP) is 1.10. The SMILES string of the molecule is CCN(C1CC1)C(CN)CC(=O)NC(C)(C)C. The Labute approximate surface area is 105 Å². The fourth-order valence-electron chi connectivity index (χ4n) is 2.24. The molecule has 1 rings (SSSR count). The third-order valence-corrected chi connectivity index (χ3v) is 3.06. The van der Waals surface area contributed by atoms with E-state index in [2.05, 4.69) is 17.1 Å². The van der Waals surface area contributed by atoms with Crippen molar-refractivity contribution in [2.45, 2.75) is 64.6 Å². The Bertz CT molecular complexity index is 256. The normalized spacial score (nSPS) is 18.2. The van der Waals surface area contributed by atoms with Crippen LogP contribution in [0.2, 0.25) is 0 Å². The van der Waals surface area contributed by atoms with Gasteiger partial charge in [0.25, 0.3) is 0 Å². The fraction of sp³-hybridized carbons (Fsp3) is 0.923. The van der Waals surface area contributed by atoms with E-state index in [4.69, 9.17) is 5.73 Å². The van der Waals surface area contributed by atoms with Crippen LogP contribution in [0.5, 0.6) is 0 Å². The van der Waals surface area contributed by atoms with Gasteiger partial charge in [0.1, 0.15) is 0 Å². The minimum Gasteiger partial charge on any atom is -0.351 e. The molecule has 0 saturated heterocycles. The molecule has 4 nitrogen and oxygen atoms in total. The number of hydrogen-bond acceptors (Lipinski definition) is 3. The minimum absolute atomic E-state index is 0.104. The van der Waals surface area contributed by atoms with E-state index < -0.39 is 0 Å². The molecule has 1 amide bonds. The molecule has 100 valence electrons. The molecular weight excluding hydrogens is 214 g/mol. The summed E-state index contributed by atoms with van der Waals surface area (Å²) < 4.78 is 0. The van der Waals surface area contributed by atoms with Gasteiger partial charge in [0.2, 0.25) is 5.91 Å². The van der Waals surface area contributed by atoms with Crippen LogP contribution in [-0.2, 0) is 4.79 Å². The highest BCUT2D eigenvalue weighted by atomic mass is 16.1. The number of carbonyl (C=O) groups excluding carboxylic acids is 1. The molecule has 1 aliphatic rings. The Hall–Kier alpha value is -0.610. The van der Waals surface area contributed by atoms with E-state index in [0.717, 1.165) is 6.54 Å². The summed E-state index contributed by atoms with van der Waals surface area (Å²) in [6.45, 7) is 9.68. The van der Waals surface area contributed by atoms with Gasteiger partial charge in [-0.1, -0.05) is 6.92 Å². The van der Waals surface area contributed by atoms with Crippen LogP contribution in [0, 0.1) is 0 Å². The smallest absolute Gasteiger partial charge is 0.222 e. The number of likely N-dealkylation sites (N-methyl/N-ethyl adjacent to an activating group) is 1. The third kappa shape index (κ3) is 5.04. The quantitative estimate of drug-likeness (QED) is 0.732. The van der Waals surface area contributed by atoms with E-state index in [1.165, 1.54) is 12.8 Å². The Morgan fingerprint density at radius 1 is 1.47 bits per heavy atom. The summed E-state index contributed by atoms with van der Waals surface area (Å²) in [5, 5.41) is 3.00.